The van der Waals surface area contributed by atoms with E-state index in [2.05, 4.69) is 62.5 Å². The maximum atomic E-state index is 3.55. The van der Waals surface area contributed by atoms with E-state index in [4.69, 9.17) is 0 Å². The lowest BCUT2D eigenvalue weighted by Gasteiger charge is -2.45. The van der Waals surface area contributed by atoms with Crippen LogP contribution in [0.4, 0.5) is 0 Å². The molecule has 2 nitrogen and oxygen atoms in total. The SMILES string of the molecule is CCN(CC)C(C)(CC)C(Cc1cccs1)NC. The van der Waals surface area contributed by atoms with E-state index in [1.807, 2.05) is 11.3 Å². The third kappa shape index (κ3) is 3.34. The minimum Gasteiger partial charge on any atom is -0.315 e. The van der Waals surface area contributed by atoms with Gasteiger partial charge in [0.25, 0.3) is 0 Å². The van der Waals surface area contributed by atoms with E-state index >= 15 is 0 Å². The Balaban J connectivity index is 2.87. The summed E-state index contributed by atoms with van der Waals surface area (Å²) in [7, 11) is 2.09. The first-order valence-electron chi connectivity index (χ1n) is 7.07. The van der Waals surface area contributed by atoms with Crippen molar-refractivity contribution in [2.75, 3.05) is 20.1 Å². The second kappa shape index (κ2) is 7.27. The third-order valence-electron chi connectivity index (χ3n) is 4.29. The van der Waals surface area contributed by atoms with Gasteiger partial charge < -0.3 is 5.32 Å². The van der Waals surface area contributed by atoms with Crippen molar-refractivity contribution in [3.63, 3.8) is 0 Å². The van der Waals surface area contributed by atoms with Crippen LogP contribution in [0.5, 0.6) is 0 Å². The van der Waals surface area contributed by atoms with Gasteiger partial charge in [-0.3, -0.25) is 4.90 Å². The topological polar surface area (TPSA) is 15.3 Å². The summed E-state index contributed by atoms with van der Waals surface area (Å²) in [4.78, 5) is 4.06. The van der Waals surface area contributed by atoms with Crippen LogP contribution in [-0.2, 0) is 6.42 Å². The van der Waals surface area contributed by atoms with Crippen molar-refractivity contribution >= 4 is 11.3 Å². The fraction of sp³-hybridized carbons (Fsp3) is 0.733. The Hall–Kier alpha value is -0.380. The monoisotopic (exact) mass is 268 g/mol. The van der Waals surface area contributed by atoms with Crippen molar-refractivity contribution in [2.45, 2.75) is 52.1 Å². The smallest absolute Gasteiger partial charge is 0.0334 e. The predicted octanol–water partition coefficient (Wildman–Crippen LogP) is 3.39. The van der Waals surface area contributed by atoms with Crippen molar-refractivity contribution < 1.29 is 0 Å². The molecule has 1 rings (SSSR count). The molecular weight excluding hydrogens is 240 g/mol. The highest BCUT2D eigenvalue weighted by Crippen LogP contribution is 2.27. The molecule has 0 bridgehead atoms. The summed E-state index contributed by atoms with van der Waals surface area (Å²) < 4.78 is 0. The Morgan fingerprint density at radius 3 is 2.39 bits per heavy atom. The van der Waals surface area contributed by atoms with Gasteiger partial charge >= 0.3 is 0 Å². The first-order valence-corrected chi connectivity index (χ1v) is 7.94. The molecule has 0 amide bonds. The molecule has 18 heavy (non-hydrogen) atoms. The highest BCUT2D eigenvalue weighted by Gasteiger charge is 2.36. The molecule has 1 N–H and O–H groups in total. The molecule has 1 heterocycles. The molecule has 0 fully saturated rings. The van der Waals surface area contributed by atoms with Gasteiger partial charge in [-0.25, -0.2) is 0 Å². The Bertz CT molecular complexity index is 319. The highest BCUT2D eigenvalue weighted by molar-refractivity contribution is 7.09. The fourth-order valence-corrected chi connectivity index (χ4v) is 3.65. The van der Waals surface area contributed by atoms with Gasteiger partial charge in [0.05, 0.1) is 0 Å². The van der Waals surface area contributed by atoms with Gasteiger partial charge in [0.1, 0.15) is 0 Å². The van der Waals surface area contributed by atoms with Crippen molar-refractivity contribution in [3.8, 4) is 0 Å². The molecule has 0 aliphatic rings. The predicted molar refractivity (Wildman–Crippen MR) is 82.5 cm³/mol. The number of hydrogen-bond donors (Lipinski definition) is 1. The number of nitrogens with zero attached hydrogens (tertiary/aromatic N) is 1. The molecule has 0 saturated heterocycles. The van der Waals surface area contributed by atoms with Crippen molar-refractivity contribution in [1.29, 1.82) is 0 Å². The summed E-state index contributed by atoms with van der Waals surface area (Å²) in [5.74, 6) is 0. The molecule has 2 unspecified atom stereocenters. The largest absolute Gasteiger partial charge is 0.315 e. The van der Waals surface area contributed by atoms with Crippen molar-refractivity contribution in [1.82, 2.24) is 10.2 Å². The number of hydrogen-bond acceptors (Lipinski definition) is 3. The molecule has 0 aromatic carbocycles. The lowest BCUT2D eigenvalue weighted by molar-refractivity contribution is 0.0733. The Morgan fingerprint density at radius 1 is 1.33 bits per heavy atom. The Kier molecular flexibility index (Phi) is 6.33. The van der Waals surface area contributed by atoms with Gasteiger partial charge in [-0.15, -0.1) is 11.3 Å². The van der Waals surface area contributed by atoms with Gasteiger partial charge in [-0.1, -0.05) is 26.8 Å². The van der Waals surface area contributed by atoms with Gasteiger partial charge in [-0.2, -0.15) is 0 Å². The quantitative estimate of drug-likeness (QED) is 0.777. The van der Waals surface area contributed by atoms with E-state index in [1.165, 1.54) is 11.3 Å². The summed E-state index contributed by atoms with van der Waals surface area (Å²) in [5, 5.41) is 5.72. The summed E-state index contributed by atoms with van der Waals surface area (Å²) in [6.07, 6.45) is 2.29. The molecule has 0 saturated carbocycles. The number of likely N-dealkylation sites (N-methyl/N-ethyl adjacent to an activating group) is 2. The first kappa shape index (κ1) is 15.7. The van der Waals surface area contributed by atoms with Crippen LogP contribution in [0.2, 0.25) is 0 Å². The van der Waals surface area contributed by atoms with E-state index in [9.17, 15) is 0 Å². The standard InChI is InChI=1S/C15H28N2S/c1-6-15(4,17(7-2)8-3)14(16-5)12-13-10-9-11-18-13/h9-11,14,16H,6-8,12H2,1-5H3. The molecule has 1 aromatic heterocycles. The maximum Gasteiger partial charge on any atom is 0.0334 e. The van der Waals surface area contributed by atoms with Crippen molar-refractivity contribution in [2.24, 2.45) is 0 Å². The second-order valence-electron chi connectivity index (χ2n) is 5.01. The molecule has 0 spiro atoms. The average molecular weight is 268 g/mol. The number of nitrogens with one attached hydrogen (secondary N) is 1. The fourth-order valence-electron chi connectivity index (χ4n) is 2.90. The molecule has 0 radical (unpaired) electrons. The normalized spacial score (nSPS) is 16.8. The van der Waals surface area contributed by atoms with Crippen LogP contribution in [0.25, 0.3) is 0 Å². The zero-order valence-corrected chi connectivity index (χ0v) is 13.3. The highest BCUT2D eigenvalue weighted by atomic mass is 32.1. The van der Waals surface area contributed by atoms with E-state index < -0.39 is 0 Å². The van der Waals surface area contributed by atoms with Crippen LogP contribution in [0.1, 0.15) is 39.0 Å². The lowest BCUT2D eigenvalue weighted by Crippen LogP contribution is -2.59. The number of rotatable bonds is 8. The minimum absolute atomic E-state index is 0.224. The molecule has 0 aliphatic heterocycles. The van der Waals surface area contributed by atoms with Crippen LogP contribution in [0.3, 0.4) is 0 Å². The third-order valence-corrected chi connectivity index (χ3v) is 5.18. The van der Waals surface area contributed by atoms with Crippen LogP contribution in [-0.4, -0.2) is 36.6 Å². The molecule has 2 atom stereocenters. The zero-order valence-electron chi connectivity index (χ0n) is 12.5. The van der Waals surface area contributed by atoms with Gasteiger partial charge in [0.15, 0.2) is 0 Å². The van der Waals surface area contributed by atoms with Crippen LogP contribution in [0, 0.1) is 0 Å². The minimum atomic E-state index is 0.224. The van der Waals surface area contributed by atoms with Crippen molar-refractivity contribution in [3.05, 3.63) is 22.4 Å². The number of thiophene rings is 1. The maximum absolute atomic E-state index is 3.55. The van der Waals surface area contributed by atoms with E-state index in [-0.39, 0.29) is 5.54 Å². The van der Waals surface area contributed by atoms with E-state index in [0.717, 1.165) is 19.5 Å². The first-order chi connectivity index (χ1) is 8.62. The summed E-state index contributed by atoms with van der Waals surface area (Å²) >= 11 is 1.86. The Morgan fingerprint density at radius 2 is 2.00 bits per heavy atom. The zero-order chi connectivity index (χ0) is 13.6. The summed E-state index contributed by atoms with van der Waals surface area (Å²) in [6, 6.07) is 4.89. The lowest BCUT2D eigenvalue weighted by atomic mass is 9.85. The molecule has 0 aliphatic carbocycles. The summed E-state index contributed by atoms with van der Waals surface area (Å²) in [6.45, 7) is 11.4. The van der Waals surface area contributed by atoms with Crippen LogP contribution < -0.4 is 5.32 Å². The van der Waals surface area contributed by atoms with E-state index in [1.54, 1.807) is 0 Å². The second-order valence-corrected chi connectivity index (χ2v) is 6.04. The Labute approximate surface area is 116 Å². The molecule has 104 valence electrons. The van der Waals surface area contributed by atoms with E-state index in [0.29, 0.717) is 6.04 Å². The van der Waals surface area contributed by atoms with Crippen LogP contribution >= 0.6 is 11.3 Å². The molecule has 3 heteroatoms. The average Bonchev–Trinajstić information content (AvgIpc) is 2.89. The van der Waals surface area contributed by atoms with Gasteiger partial charge in [0, 0.05) is 16.5 Å². The molecule has 1 aromatic rings. The molecular formula is C15H28N2S. The summed E-state index contributed by atoms with van der Waals surface area (Å²) in [5.41, 5.74) is 0.224. The van der Waals surface area contributed by atoms with Crippen LogP contribution in [0.15, 0.2) is 17.5 Å². The van der Waals surface area contributed by atoms with Gasteiger partial charge in [-0.05, 0) is 51.3 Å². The van der Waals surface area contributed by atoms with Gasteiger partial charge in [0.2, 0.25) is 0 Å².